The van der Waals surface area contributed by atoms with Gasteiger partial charge in [-0.2, -0.15) is 0 Å². The van der Waals surface area contributed by atoms with Gasteiger partial charge < -0.3 is 5.73 Å². The molecule has 1 aromatic carbocycles. The van der Waals surface area contributed by atoms with E-state index in [1.165, 1.54) is 5.56 Å². The maximum absolute atomic E-state index is 5.83. The van der Waals surface area contributed by atoms with Gasteiger partial charge in [0.15, 0.2) is 0 Å². The van der Waals surface area contributed by atoms with Crippen LogP contribution in [-0.4, -0.2) is 10.7 Å². The number of rotatable bonds is 5. The van der Waals surface area contributed by atoms with E-state index in [0.29, 0.717) is 0 Å². The quantitative estimate of drug-likeness (QED) is 0.647. The number of nitrogens with two attached hydrogens (primary N) is 1. The summed E-state index contributed by atoms with van der Waals surface area (Å²) in [5.41, 5.74) is 8.00. The normalized spacial score (nSPS) is 10.4. The lowest BCUT2D eigenvalue weighted by Crippen LogP contribution is -1.91. The zero-order valence-electron chi connectivity index (χ0n) is 9.67. The van der Waals surface area contributed by atoms with Crippen molar-refractivity contribution in [1.29, 1.82) is 0 Å². The van der Waals surface area contributed by atoms with Gasteiger partial charge >= 0.3 is 0 Å². The molecule has 0 amide bonds. The molecule has 1 heterocycles. The Labute approximate surface area is 106 Å². The molecule has 88 valence electrons. The zero-order chi connectivity index (χ0) is 11.9. The molecule has 0 atom stereocenters. The molecule has 2 aromatic rings. The number of nitrogens with zero attached hydrogens (tertiary/aromatic N) is 1. The van der Waals surface area contributed by atoms with Gasteiger partial charge in [-0.15, -0.1) is 11.8 Å². The van der Waals surface area contributed by atoms with Gasteiger partial charge in [-0.3, -0.25) is 4.98 Å². The second kappa shape index (κ2) is 6.30. The van der Waals surface area contributed by atoms with Crippen LogP contribution in [0.25, 0.3) is 0 Å². The number of nitrogen functional groups attached to an aromatic ring is 1. The van der Waals surface area contributed by atoms with Gasteiger partial charge in [0, 0.05) is 11.1 Å². The third kappa shape index (κ3) is 3.79. The van der Waals surface area contributed by atoms with Crippen molar-refractivity contribution in [1.82, 2.24) is 4.98 Å². The van der Waals surface area contributed by atoms with E-state index in [4.69, 9.17) is 5.73 Å². The highest BCUT2D eigenvalue weighted by atomic mass is 32.2. The fraction of sp³-hybridized carbons (Fsp3) is 0.214. The van der Waals surface area contributed by atoms with Crippen LogP contribution in [0, 0.1) is 0 Å². The van der Waals surface area contributed by atoms with E-state index >= 15 is 0 Å². The lowest BCUT2D eigenvalue weighted by atomic mass is 10.1. The summed E-state index contributed by atoms with van der Waals surface area (Å²) in [5, 5.41) is 0. The molecule has 2 rings (SSSR count). The SMILES string of the molecule is Nc1cnccc1SCCCc1ccccc1. The highest BCUT2D eigenvalue weighted by Crippen LogP contribution is 2.24. The third-order valence-electron chi connectivity index (χ3n) is 2.52. The van der Waals surface area contributed by atoms with Gasteiger partial charge in [0.1, 0.15) is 0 Å². The Balaban J connectivity index is 1.76. The van der Waals surface area contributed by atoms with Crippen molar-refractivity contribution in [3.05, 3.63) is 54.4 Å². The third-order valence-corrected chi connectivity index (χ3v) is 3.70. The molecule has 0 saturated carbocycles. The minimum atomic E-state index is 0.775. The van der Waals surface area contributed by atoms with Crippen molar-refractivity contribution < 1.29 is 0 Å². The summed E-state index contributed by atoms with van der Waals surface area (Å²) in [7, 11) is 0. The second-order valence-corrected chi connectivity index (χ2v) is 4.99. The summed E-state index contributed by atoms with van der Waals surface area (Å²) in [6, 6.07) is 12.5. The van der Waals surface area contributed by atoms with Crippen LogP contribution in [0.1, 0.15) is 12.0 Å². The van der Waals surface area contributed by atoms with Gasteiger partial charge in [0.25, 0.3) is 0 Å². The fourth-order valence-corrected chi connectivity index (χ4v) is 2.51. The number of pyridine rings is 1. The molecule has 0 spiro atoms. The average molecular weight is 244 g/mol. The lowest BCUT2D eigenvalue weighted by Gasteiger charge is -2.04. The number of hydrogen-bond donors (Lipinski definition) is 1. The first-order valence-electron chi connectivity index (χ1n) is 5.72. The molecule has 2 nitrogen and oxygen atoms in total. The Morgan fingerprint density at radius 2 is 1.94 bits per heavy atom. The second-order valence-electron chi connectivity index (χ2n) is 3.85. The molecule has 0 aliphatic heterocycles. The van der Waals surface area contributed by atoms with Crippen LogP contribution >= 0.6 is 11.8 Å². The van der Waals surface area contributed by atoms with Crippen molar-refractivity contribution in [3.8, 4) is 0 Å². The standard InChI is InChI=1S/C14H16N2S/c15-13-11-16-9-8-14(13)17-10-4-7-12-5-2-1-3-6-12/h1-3,5-6,8-9,11H,4,7,10,15H2. The molecule has 0 unspecified atom stereocenters. The summed E-state index contributed by atoms with van der Waals surface area (Å²) in [4.78, 5) is 5.11. The van der Waals surface area contributed by atoms with E-state index in [2.05, 4.69) is 35.3 Å². The van der Waals surface area contributed by atoms with Gasteiger partial charge in [0.2, 0.25) is 0 Å². The number of aromatic nitrogens is 1. The van der Waals surface area contributed by atoms with Crippen LogP contribution in [0.3, 0.4) is 0 Å². The van der Waals surface area contributed by atoms with Crippen molar-refractivity contribution in [2.24, 2.45) is 0 Å². The van der Waals surface area contributed by atoms with E-state index in [9.17, 15) is 0 Å². The molecule has 0 fully saturated rings. The molecule has 3 heteroatoms. The van der Waals surface area contributed by atoms with Crippen LogP contribution in [0.15, 0.2) is 53.7 Å². The minimum Gasteiger partial charge on any atom is -0.397 e. The smallest absolute Gasteiger partial charge is 0.0638 e. The number of thioether (sulfide) groups is 1. The molecule has 1 aromatic heterocycles. The summed E-state index contributed by atoms with van der Waals surface area (Å²) in [6.07, 6.45) is 5.78. The monoisotopic (exact) mass is 244 g/mol. The van der Waals surface area contributed by atoms with Gasteiger partial charge in [-0.25, -0.2) is 0 Å². The Hall–Kier alpha value is -1.48. The first-order chi connectivity index (χ1) is 8.36. The summed E-state index contributed by atoms with van der Waals surface area (Å²) in [6.45, 7) is 0. The first kappa shape index (κ1) is 12.0. The number of anilines is 1. The van der Waals surface area contributed by atoms with E-state index in [0.717, 1.165) is 29.2 Å². The van der Waals surface area contributed by atoms with Crippen LogP contribution in [0.4, 0.5) is 5.69 Å². The van der Waals surface area contributed by atoms with E-state index < -0.39 is 0 Å². The van der Waals surface area contributed by atoms with Crippen LogP contribution in [-0.2, 0) is 6.42 Å². The van der Waals surface area contributed by atoms with Crippen molar-refractivity contribution >= 4 is 17.4 Å². The Morgan fingerprint density at radius 3 is 2.71 bits per heavy atom. The van der Waals surface area contributed by atoms with E-state index in [1.54, 1.807) is 24.2 Å². The van der Waals surface area contributed by atoms with Crippen LogP contribution < -0.4 is 5.73 Å². The Bertz CT molecular complexity index is 457. The van der Waals surface area contributed by atoms with Gasteiger partial charge in [-0.05, 0) is 30.2 Å². The summed E-state index contributed by atoms with van der Waals surface area (Å²) in [5.74, 6) is 1.09. The molecule has 0 radical (unpaired) electrons. The Kier molecular flexibility index (Phi) is 4.45. The maximum atomic E-state index is 5.83. The number of aryl methyl sites for hydroxylation is 1. The molecule has 17 heavy (non-hydrogen) atoms. The van der Waals surface area contributed by atoms with E-state index in [-0.39, 0.29) is 0 Å². The summed E-state index contributed by atoms with van der Waals surface area (Å²) >= 11 is 1.80. The van der Waals surface area contributed by atoms with Gasteiger partial charge in [0.05, 0.1) is 11.9 Å². The number of benzene rings is 1. The molecule has 0 saturated heterocycles. The summed E-state index contributed by atoms with van der Waals surface area (Å²) < 4.78 is 0. The highest BCUT2D eigenvalue weighted by Gasteiger charge is 1.99. The van der Waals surface area contributed by atoms with Crippen molar-refractivity contribution in [3.63, 3.8) is 0 Å². The fourth-order valence-electron chi connectivity index (χ4n) is 1.63. The first-order valence-corrected chi connectivity index (χ1v) is 6.71. The van der Waals surface area contributed by atoms with Crippen LogP contribution in [0.2, 0.25) is 0 Å². The molecule has 2 N–H and O–H groups in total. The molecular formula is C14H16N2S. The number of hydrogen-bond acceptors (Lipinski definition) is 3. The average Bonchev–Trinajstić information content (AvgIpc) is 2.38. The largest absolute Gasteiger partial charge is 0.397 e. The van der Waals surface area contributed by atoms with E-state index in [1.807, 2.05) is 6.07 Å². The van der Waals surface area contributed by atoms with Crippen molar-refractivity contribution in [2.45, 2.75) is 17.7 Å². The maximum Gasteiger partial charge on any atom is 0.0638 e. The minimum absolute atomic E-state index is 0.775. The predicted molar refractivity (Wildman–Crippen MR) is 74.1 cm³/mol. The zero-order valence-corrected chi connectivity index (χ0v) is 10.5. The predicted octanol–water partition coefficient (Wildman–Crippen LogP) is 3.39. The molecule has 0 aliphatic rings. The topological polar surface area (TPSA) is 38.9 Å². The van der Waals surface area contributed by atoms with Gasteiger partial charge in [-0.1, -0.05) is 30.3 Å². The lowest BCUT2D eigenvalue weighted by molar-refractivity contribution is 0.933. The molecular weight excluding hydrogens is 228 g/mol. The Morgan fingerprint density at radius 1 is 1.12 bits per heavy atom. The molecule has 0 aliphatic carbocycles. The molecule has 0 bridgehead atoms. The highest BCUT2D eigenvalue weighted by molar-refractivity contribution is 7.99. The van der Waals surface area contributed by atoms with Crippen molar-refractivity contribution in [2.75, 3.05) is 11.5 Å². The van der Waals surface area contributed by atoms with Crippen LogP contribution in [0.5, 0.6) is 0 Å².